The first-order valence-corrected chi connectivity index (χ1v) is 7.11. The smallest absolute Gasteiger partial charge is 0.193 e. The van der Waals surface area contributed by atoms with Gasteiger partial charge in [-0.3, -0.25) is 4.79 Å². The molecule has 23 heavy (non-hydrogen) atoms. The summed E-state index contributed by atoms with van der Waals surface area (Å²) in [6.07, 6.45) is 0. The highest BCUT2D eigenvalue weighted by molar-refractivity contribution is 5.83. The molecule has 0 aliphatic heterocycles. The second-order valence-corrected chi connectivity index (χ2v) is 5.12. The minimum atomic E-state index is -0.136. The van der Waals surface area contributed by atoms with Gasteiger partial charge in [-0.25, -0.2) is 0 Å². The number of rotatable bonds is 4. The van der Waals surface area contributed by atoms with E-state index in [0.717, 1.165) is 5.56 Å². The SMILES string of the molecule is C/C(COc1ccc2oc(-c3ccccc3)cc(=O)c2c1)=N\O. The predicted molar refractivity (Wildman–Crippen MR) is 88.3 cm³/mol. The molecular weight excluding hydrogens is 294 g/mol. The number of nitrogens with zero attached hydrogens (tertiary/aromatic N) is 1. The monoisotopic (exact) mass is 309 g/mol. The molecule has 0 unspecified atom stereocenters. The van der Waals surface area contributed by atoms with Crippen LogP contribution in [0.15, 0.2) is 69.0 Å². The van der Waals surface area contributed by atoms with Crippen LogP contribution in [0, 0.1) is 0 Å². The fraction of sp³-hybridized carbons (Fsp3) is 0.111. The zero-order chi connectivity index (χ0) is 16.2. The number of hydrogen-bond donors (Lipinski definition) is 1. The lowest BCUT2D eigenvalue weighted by Crippen LogP contribution is -2.08. The molecule has 116 valence electrons. The second kappa shape index (κ2) is 6.36. The Morgan fingerprint density at radius 2 is 1.96 bits per heavy atom. The molecule has 0 aliphatic rings. The van der Waals surface area contributed by atoms with E-state index >= 15 is 0 Å². The number of oxime groups is 1. The van der Waals surface area contributed by atoms with Crippen LogP contribution in [0.1, 0.15) is 6.92 Å². The van der Waals surface area contributed by atoms with Gasteiger partial charge in [0.25, 0.3) is 0 Å². The van der Waals surface area contributed by atoms with Crippen molar-refractivity contribution >= 4 is 16.7 Å². The highest BCUT2D eigenvalue weighted by Gasteiger charge is 2.08. The van der Waals surface area contributed by atoms with Crippen LogP contribution in [-0.2, 0) is 0 Å². The molecule has 1 heterocycles. The summed E-state index contributed by atoms with van der Waals surface area (Å²) in [5.74, 6) is 1.04. The summed E-state index contributed by atoms with van der Waals surface area (Å²) < 4.78 is 11.3. The van der Waals surface area contributed by atoms with Gasteiger partial charge in [0, 0.05) is 11.6 Å². The maximum absolute atomic E-state index is 12.3. The Kier molecular flexibility index (Phi) is 4.10. The van der Waals surface area contributed by atoms with Crippen molar-refractivity contribution in [2.24, 2.45) is 5.16 Å². The minimum Gasteiger partial charge on any atom is -0.488 e. The zero-order valence-electron chi connectivity index (χ0n) is 12.5. The average molecular weight is 309 g/mol. The summed E-state index contributed by atoms with van der Waals surface area (Å²) in [6, 6.07) is 16.0. The normalized spacial score (nSPS) is 11.6. The standard InChI is InChI=1S/C18H15NO4/c1-12(19-21)11-22-14-7-8-17-15(9-14)16(20)10-18(23-17)13-5-3-2-4-6-13/h2-10,21H,11H2,1H3/b19-12+. The molecule has 2 aromatic carbocycles. The molecule has 0 radical (unpaired) electrons. The summed E-state index contributed by atoms with van der Waals surface area (Å²) in [5.41, 5.74) is 1.65. The molecule has 3 aromatic rings. The molecule has 0 aliphatic carbocycles. The van der Waals surface area contributed by atoms with E-state index in [4.69, 9.17) is 14.4 Å². The molecule has 5 heteroatoms. The van der Waals surface area contributed by atoms with Crippen molar-refractivity contribution in [1.29, 1.82) is 0 Å². The van der Waals surface area contributed by atoms with Crippen LogP contribution < -0.4 is 10.2 Å². The molecular formula is C18H15NO4. The summed E-state index contributed by atoms with van der Waals surface area (Å²) in [7, 11) is 0. The Bertz CT molecular complexity index is 913. The molecule has 0 atom stereocenters. The first-order valence-electron chi connectivity index (χ1n) is 7.11. The Morgan fingerprint density at radius 1 is 1.17 bits per heavy atom. The minimum absolute atomic E-state index is 0.136. The maximum atomic E-state index is 12.3. The van der Waals surface area contributed by atoms with Gasteiger partial charge in [0.1, 0.15) is 23.7 Å². The van der Waals surface area contributed by atoms with Gasteiger partial charge in [-0.05, 0) is 25.1 Å². The quantitative estimate of drug-likeness (QED) is 0.453. The molecule has 0 saturated carbocycles. The third kappa shape index (κ3) is 3.23. The van der Waals surface area contributed by atoms with E-state index in [1.165, 1.54) is 6.07 Å². The van der Waals surface area contributed by atoms with Crippen LogP contribution in [0.3, 0.4) is 0 Å². The second-order valence-electron chi connectivity index (χ2n) is 5.12. The van der Waals surface area contributed by atoms with Crippen molar-refractivity contribution in [2.45, 2.75) is 6.92 Å². The van der Waals surface area contributed by atoms with Crippen molar-refractivity contribution in [2.75, 3.05) is 6.61 Å². The molecule has 0 spiro atoms. The fourth-order valence-electron chi connectivity index (χ4n) is 2.19. The van der Waals surface area contributed by atoms with Crippen molar-refractivity contribution < 1.29 is 14.4 Å². The Morgan fingerprint density at radius 3 is 2.70 bits per heavy atom. The van der Waals surface area contributed by atoms with E-state index in [1.807, 2.05) is 30.3 Å². The van der Waals surface area contributed by atoms with E-state index in [1.54, 1.807) is 25.1 Å². The van der Waals surface area contributed by atoms with Gasteiger partial charge in [-0.15, -0.1) is 0 Å². The van der Waals surface area contributed by atoms with Crippen LogP contribution in [0.4, 0.5) is 0 Å². The van der Waals surface area contributed by atoms with Crippen molar-refractivity contribution in [3.63, 3.8) is 0 Å². The van der Waals surface area contributed by atoms with Gasteiger partial charge >= 0.3 is 0 Å². The van der Waals surface area contributed by atoms with Crippen molar-refractivity contribution in [1.82, 2.24) is 0 Å². The number of ether oxygens (including phenoxy) is 1. The molecule has 0 saturated heterocycles. The van der Waals surface area contributed by atoms with Gasteiger partial charge < -0.3 is 14.4 Å². The van der Waals surface area contributed by atoms with E-state index in [-0.39, 0.29) is 12.0 Å². The topological polar surface area (TPSA) is 72.0 Å². The Labute approximate surface area is 132 Å². The highest BCUT2D eigenvalue weighted by Crippen LogP contribution is 2.24. The number of fused-ring (bicyclic) bond motifs is 1. The van der Waals surface area contributed by atoms with Crippen LogP contribution in [-0.4, -0.2) is 17.5 Å². The average Bonchev–Trinajstić information content (AvgIpc) is 2.60. The van der Waals surface area contributed by atoms with Crippen LogP contribution in [0.2, 0.25) is 0 Å². The lowest BCUT2D eigenvalue weighted by Gasteiger charge is -2.07. The third-order valence-electron chi connectivity index (χ3n) is 3.38. The number of hydrogen-bond acceptors (Lipinski definition) is 5. The first kappa shape index (κ1) is 14.8. The van der Waals surface area contributed by atoms with E-state index < -0.39 is 0 Å². The van der Waals surface area contributed by atoms with E-state index in [9.17, 15) is 4.79 Å². The molecule has 0 fully saturated rings. The van der Waals surface area contributed by atoms with Crippen molar-refractivity contribution in [3.8, 4) is 17.1 Å². The van der Waals surface area contributed by atoms with Crippen LogP contribution in [0.25, 0.3) is 22.3 Å². The van der Waals surface area contributed by atoms with Gasteiger partial charge in [0.15, 0.2) is 5.43 Å². The van der Waals surface area contributed by atoms with E-state index in [2.05, 4.69) is 5.16 Å². The van der Waals surface area contributed by atoms with Gasteiger partial charge in [0.05, 0.1) is 11.1 Å². The highest BCUT2D eigenvalue weighted by atomic mass is 16.5. The predicted octanol–water partition coefficient (Wildman–Crippen LogP) is 3.69. The van der Waals surface area contributed by atoms with E-state index in [0.29, 0.717) is 28.2 Å². The Balaban J connectivity index is 1.98. The van der Waals surface area contributed by atoms with Crippen LogP contribution in [0.5, 0.6) is 5.75 Å². The largest absolute Gasteiger partial charge is 0.488 e. The summed E-state index contributed by atoms with van der Waals surface area (Å²) in [6.45, 7) is 1.79. The molecule has 0 amide bonds. The lowest BCUT2D eigenvalue weighted by molar-refractivity contribution is 0.307. The fourth-order valence-corrected chi connectivity index (χ4v) is 2.19. The maximum Gasteiger partial charge on any atom is 0.193 e. The lowest BCUT2D eigenvalue weighted by atomic mass is 10.1. The third-order valence-corrected chi connectivity index (χ3v) is 3.38. The Hall–Kier alpha value is -3.08. The summed E-state index contributed by atoms with van der Waals surface area (Å²) >= 11 is 0. The molecule has 5 nitrogen and oxygen atoms in total. The zero-order valence-corrected chi connectivity index (χ0v) is 12.5. The molecule has 3 rings (SSSR count). The van der Waals surface area contributed by atoms with Crippen molar-refractivity contribution in [3.05, 3.63) is 64.8 Å². The molecule has 1 aromatic heterocycles. The first-order chi connectivity index (χ1) is 11.2. The number of benzene rings is 2. The molecule has 0 bridgehead atoms. The summed E-state index contributed by atoms with van der Waals surface area (Å²) in [5, 5.41) is 12.1. The summed E-state index contributed by atoms with van der Waals surface area (Å²) in [4.78, 5) is 12.3. The van der Waals surface area contributed by atoms with Crippen LogP contribution >= 0.6 is 0 Å². The van der Waals surface area contributed by atoms with Gasteiger partial charge in [0.2, 0.25) is 0 Å². The molecule has 1 N–H and O–H groups in total. The van der Waals surface area contributed by atoms with Gasteiger partial charge in [-0.2, -0.15) is 0 Å². The van der Waals surface area contributed by atoms with Gasteiger partial charge in [-0.1, -0.05) is 35.5 Å².